The van der Waals surface area contributed by atoms with E-state index in [2.05, 4.69) is 48.5 Å². The van der Waals surface area contributed by atoms with Crippen LogP contribution >= 0.6 is 0 Å². The average molecular weight is 336 g/mol. The molecule has 1 aliphatic rings. The van der Waals surface area contributed by atoms with Gasteiger partial charge < -0.3 is 0 Å². The van der Waals surface area contributed by atoms with Crippen LogP contribution in [0.2, 0.25) is 0 Å². The molecule has 124 valence electrons. The molecule has 0 nitrogen and oxygen atoms in total. The Kier molecular flexibility index (Phi) is 3.46. The molecule has 4 aromatic carbocycles. The average Bonchev–Trinajstić information content (AvgIpc) is 3.11. The summed E-state index contributed by atoms with van der Waals surface area (Å²) in [5.74, 6) is -0.196. The molecule has 4 aromatic rings. The molecule has 0 saturated heterocycles. The summed E-state index contributed by atoms with van der Waals surface area (Å²) in [6.45, 7) is 0. The number of fused-ring (bicyclic) bond motifs is 2. The monoisotopic (exact) mass is 336 g/mol. The minimum absolute atomic E-state index is 0.196. The predicted molar refractivity (Wildman–Crippen MR) is 107 cm³/mol. The molecule has 0 unspecified atom stereocenters. The van der Waals surface area contributed by atoms with Crippen LogP contribution in [0.25, 0.3) is 27.5 Å². The van der Waals surface area contributed by atoms with Crippen LogP contribution in [0.4, 0.5) is 4.39 Å². The quantitative estimate of drug-likeness (QED) is 0.385. The maximum atomic E-state index is 14.1. The van der Waals surface area contributed by atoms with Crippen molar-refractivity contribution in [2.45, 2.75) is 6.42 Å². The largest absolute Gasteiger partial charge is 0.207 e. The first-order chi connectivity index (χ1) is 12.8. The second-order valence-electron chi connectivity index (χ2n) is 6.71. The van der Waals surface area contributed by atoms with Gasteiger partial charge in [0.1, 0.15) is 5.82 Å². The van der Waals surface area contributed by atoms with E-state index in [1.54, 1.807) is 12.1 Å². The Morgan fingerprint density at radius 3 is 2.08 bits per heavy atom. The number of hydrogen-bond acceptors (Lipinski definition) is 0. The van der Waals surface area contributed by atoms with Gasteiger partial charge >= 0.3 is 0 Å². The van der Waals surface area contributed by atoms with E-state index in [0.29, 0.717) is 0 Å². The fraction of sp³-hybridized carbons (Fsp3) is 0.0400. The van der Waals surface area contributed by atoms with Crippen LogP contribution < -0.4 is 0 Å². The summed E-state index contributed by atoms with van der Waals surface area (Å²) in [6, 6.07) is 28.1. The van der Waals surface area contributed by atoms with Gasteiger partial charge in [-0.05, 0) is 62.7 Å². The van der Waals surface area contributed by atoms with Crippen LogP contribution in [0.3, 0.4) is 0 Å². The van der Waals surface area contributed by atoms with Gasteiger partial charge in [-0.1, -0.05) is 78.9 Å². The lowest BCUT2D eigenvalue weighted by molar-refractivity contribution is 0.630. The van der Waals surface area contributed by atoms with Gasteiger partial charge in [0, 0.05) is 0 Å². The molecule has 0 N–H and O–H groups in total. The van der Waals surface area contributed by atoms with Crippen molar-refractivity contribution in [3.63, 3.8) is 0 Å². The molecular weight excluding hydrogens is 319 g/mol. The summed E-state index contributed by atoms with van der Waals surface area (Å²) in [7, 11) is 0. The summed E-state index contributed by atoms with van der Waals surface area (Å²) < 4.78 is 14.1. The lowest BCUT2D eigenvalue weighted by Crippen LogP contribution is -1.95. The SMILES string of the molecule is Fc1ccc2cc3c(c(-c4ccccc4)c2c1)C(c1ccccc1)=CC3. The molecule has 0 atom stereocenters. The summed E-state index contributed by atoms with van der Waals surface area (Å²) in [5.41, 5.74) is 7.25. The number of hydrogen-bond donors (Lipinski definition) is 0. The lowest BCUT2D eigenvalue weighted by atomic mass is 9.87. The third kappa shape index (κ3) is 2.36. The topological polar surface area (TPSA) is 0 Å². The zero-order valence-electron chi connectivity index (χ0n) is 14.2. The van der Waals surface area contributed by atoms with Gasteiger partial charge in [0.2, 0.25) is 0 Å². The first-order valence-electron chi connectivity index (χ1n) is 8.88. The predicted octanol–water partition coefficient (Wildman–Crippen LogP) is 6.63. The van der Waals surface area contributed by atoms with Crippen molar-refractivity contribution < 1.29 is 4.39 Å². The highest BCUT2D eigenvalue weighted by Crippen LogP contribution is 2.44. The molecule has 26 heavy (non-hydrogen) atoms. The molecule has 0 fully saturated rings. The molecule has 0 saturated carbocycles. The highest BCUT2D eigenvalue weighted by molar-refractivity contribution is 6.06. The summed E-state index contributed by atoms with van der Waals surface area (Å²) in [5, 5.41) is 2.06. The number of rotatable bonds is 2. The maximum absolute atomic E-state index is 14.1. The van der Waals surface area contributed by atoms with E-state index >= 15 is 0 Å². The van der Waals surface area contributed by atoms with Crippen molar-refractivity contribution >= 4 is 16.3 Å². The van der Waals surface area contributed by atoms with Gasteiger partial charge in [-0.25, -0.2) is 4.39 Å². The van der Waals surface area contributed by atoms with E-state index < -0.39 is 0 Å². The molecule has 0 aromatic heterocycles. The standard InChI is InChI=1S/C25H17F/c26-21-13-11-19-15-20-12-14-22(17-7-3-1-4-8-17)25(20)24(23(19)16-21)18-9-5-2-6-10-18/h1-11,13-16H,12H2. The Labute approximate surface area is 152 Å². The van der Waals surface area contributed by atoms with E-state index in [1.807, 2.05) is 30.3 Å². The molecule has 1 heteroatoms. The van der Waals surface area contributed by atoms with Gasteiger partial charge in [0.15, 0.2) is 0 Å². The third-order valence-electron chi connectivity index (χ3n) is 5.13. The third-order valence-corrected chi connectivity index (χ3v) is 5.13. The van der Waals surface area contributed by atoms with Gasteiger partial charge in [-0.2, -0.15) is 0 Å². The molecule has 0 heterocycles. The lowest BCUT2D eigenvalue weighted by Gasteiger charge is -2.17. The van der Waals surface area contributed by atoms with Crippen molar-refractivity contribution in [2.75, 3.05) is 0 Å². The molecular formula is C25H17F. The number of halogens is 1. The molecule has 1 aliphatic carbocycles. The zero-order valence-corrected chi connectivity index (χ0v) is 14.2. The normalized spacial score (nSPS) is 12.9. The van der Waals surface area contributed by atoms with Crippen molar-refractivity contribution in [1.82, 2.24) is 0 Å². The van der Waals surface area contributed by atoms with E-state index in [9.17, 15) is 4.39 Å². The second-order valence-corrected chi connectivity index (χ2v) is 6.71. The minimum Gasteiger partial charge on any atom is -0.207 e. The van der Waals surface area contributed by atoms with Crippen LogP contribution in [0, 0.1) is 5.82 Å². The van der Waals surface area contributed by atoms with Gasteiger partial charge in [0.25, 0.3) is 0 Å². The van der Waals surface area contributed by atoms with Crippen molar-refractivity contribution in [3.05, 3.63) is 114 Å². The molecule has 0 spiro atoms. The van der Waals surface area contributed by atoms with Crippen molar-refractivity contribution in [2.24, 2.45) is 0 Å². The second kappa shape index (κ2) is 5.96. The molecule has 0 aliphatic heterocycles. The molecule has 0 radical (unpaired) electrons. The number of allylic oxidation sites excluding steroid dienone is 1. The molecule has 5 rings (SSSR count). The summed E-state index contributed by atoms with van der Waals surface area (Å²) in [4.78, 5) is 0. The van der Waals surface area contributed by atoms with Crippen LogP contribution in [-0.4, -0.2) is 0 Å². The summed E-state index contributed by atoms with van der Waals surface area (Å²) in [6.07, 6.45) is 3.20. The van der Waals surface area contributed by atoms with E-state index in [1.165, 1.54) is 22.3 Å². The van der Waals surface area contributed by atoms with Gasteiger partial charge in [0.05, 0.1) is 0 Å². The van der Waals surface area contributed by atoms with Gasteiger partial charge in [-0.3, -0.25) is 0 Å². The maximum Gasteiger partial charge on any atom is 0.123 e. The fourth-order valence-corrected chi connectivity index (χ4v) is 3.99. The van der Waals surface area contributed by atoms with Crippen LogP contribution in [-0.2, 0) is 6.42 Å². The molecule has 0 bridgehead atoms. The summed E-state index contributed by atoms with van der Waals surface area (Å²) >= 11 is 0. The van der Waals surface area contributed by atoms with E-state index in [0.717, 1.165) is 28.3 Å². The van der Waals surface area contributed by atoms with Crippen LogP contribution in [0.1, 0.15) is 16.7 Å². The van der Waals surface area contributed by atoms with E-state index in [-0.39, 0.29) is 5.82 Å². The van der Waals surface area contributed by atoms with Crippen molar-refractivity contribution in [1.29, 1.82) is 0 Å². The Bertz CT molecular complexity index is 1140. The minimum atomic E-state index is -0.196. The fourth-order valence-electron chi connectivity index (χ4n) is 3.99. The first-order valence-corrected chi connectivity index (χ1v) is 8.88. The first kappa shape index (κ1) is 15.1. The van der Waals surface area contributed by atoms with Crippen molar-refractivity contribution in [3.8, 4) is 11.1 Å². The Morgan fingerprint density at radius 2 is 1.35 bits per heavy atom. The Morgan fingerprint density at radius 1 is 0.654 bits per heavy atom. The Balaban J connectivity index is 1.88. The van der Waals surface area contributed by atoms with E-state index in [4.69, 9.17) is 0 Å². The van der Waals surface area contributed by atoms with Crippen LogP contribution in [0.5, 0.6) is 0 Å². The smallest absolute Gasteiger partial charge is 0.123 e. The van der Waals surface area contributed by atoms with Gasteiger partial charge in [-0.15, -0.1) is 0 Å². The van der Waals surface area contributed by atoms with Crippen LogP contribution in [0.15, 0.2) is 91.0 Å². The highest BCUT2D eigenvalue weighted by atomic mass is 19.1. The zero-order chi connectivity index (χ0) is 17.5. The number of benzene rings is 4. The highest BCUT2D eigenvalue weighted by Gasteiger charge is 2.22. The Hall–Kier alpha value is -3.19. The molecule has 0 amide bonds.